The van der Waals surface area contributed by atoms with E-state index >= 15 is 0 Å². The van der Waals surface area contributed by atoms with Crippen molar-refractivity contribution < 1.29 is 9.18 Å². The quantitative estimate of drug-likeness (QED) is 0.307. The molecule has 2 aromatic carbocycles. The highest BCUT2D eigenvalue weighted by atomic mass is 127. The third-order valence-corrected chi connectivity index (χ3v) is 3.86. The van der Waals surface area contributed by atoms with Crippen molar-refractivity contribution in [3.05, 3.63) is 71.5 Å². The van der Waals surface area contributed by atoms with Gasteiger partial charge in [0.15, 0.2) is 5.96 Å². The van der Waals surface area contributed by atoms with Crippen LogP contribution >= 0.6 is 24.0 Å². The van der Waals surface area contributed by atoms with Gasteiger partial charge < -0.3 is 16.0 Å². The molecule has 0 saturated heterocycles. The number of hydrogen-bond donors (Lipinski definition) is 3. The van der Waals surface area contributed by atoms with Crippen molar-refractivity contribution in [2.24, 2.45) is 4.99 Å². The van der Waals surface area contributed by atoms with Crippen LogP contribution in [0.2, 0.25) is 0 Å². The lowest BCUT2D eigenvalue weighted by molar-refractivity contribution is -0.119. The number of carbonyl (C=O) groups is 1. The monoisotopic (exact) mass is 484 g/mol. The van der Waals surface area contributed by atoms with Crippen LogP contribution in [0, 0.1) is 5.82 Å². The number of benzene rings is 2. The molecule has 2 aromatic rings. The first-order chi connectivity index (χ1) is 12.7. The predicted molar refractivity (Wildman–Crippen MR) is 118 cm³/mol. The van der Waals surface area contributed by atoms with Crippen LogP contribution in [-0.2, 0) is 17.6 Å². The summed E-state index contributed by atoms with van der Waals surface area (Å²) in [6, 6.07) is 16.7. The van der Waals surface area contributed by atoms with Gasteiger partial charge in [0.1, 0.15) is 5.82 Å². The molecule has 0 atom stereocenters. The fraction of sp³-hybridized carbons (Fsp3) is 0.300. The molecule has 0 bridgehead atoms. The molecule has 0 radical (unpaired) electrons. The van der Waals surface area contributed by atoms with Gasteiger partial charge in [0.05, 0.1) is 6.54 Å². The molecule has 2 rings (SSSR count). The normalized spacial score (nSPS) is 10.7. The smallest absolute Gasteiger partial charge is 0.239 e. The van der Waals surface area contributed by atoms with Crippen molar-refractivity contribution >= 4 is 35.8 Å². The lowest BCUT2D eigenvalue weighted by Crippen LogP contribution is -2.44. The number of aliphatic imine (C=N–C) groups is 1. The molecule has 146 valence electrons. The van der Waals surface area contributed by atoms with E-state index in [1.54, 1.807) is 19.2 Å². The van der Waals surface area contributed by atoms with Crippen LogP contribution in [0.4, 0.5) is 4.39 Å². The van der Waals surface area contributed by atoms with Gasteiger partial charge in [-0.15, -0.1) is 24.0 Å². The number of amides is 1. The largest absolute Gasteiger partial charge is 0.356 e. The second kappa shape index (κ2) is 13.1. The van der Waals surface area contributed by atoms with E-state index in [2.05, 4.69) is 20.9 Å². The van der Waals surface area contributed by atoms with E-state index in [4.69, 9.17) is 0 Å². The van der Waals surface area contributed by atoms with Crippen LogP contribution in [0.1, 0.15) is 11.1 Å². The van der Waals surface area contributed by atoms with Crippen LogP contribution in [0.25, 0.3) is 0 Å². The van der Waals surface area contributed by atoms with Crippen LogP contribution in [0.5, 0.6) is 0 Å². The zero-order valence-corrected chi connectivity index (χ0v) is 17.7. The average molecular weight is 484 g/mol. The van der Waals surface area contributed by atoms with Crippen LogP contribution in [0.3, 0.4) is 0 Å². The first-order valence-corrected chi connectivity index (χ1v) is 8.67. The van der Waals surface area contributed by atoms with Gasteiger partial charge in [-0.25, -0.2) is 4.39 Å². The minimum Gasteiger partial charge on any atom is -0.356 e. The van der Waals surface area contributed by atoms with Gasteiger partial charge in [0.25, 0.3) is 0 Å². The van der Waals surface area contributed by atoms with Gasteiger partial charge in [0.2, 0.25) is 5.91 Å². The maximum absolute atomic E-state index is 13.6. The second-order valence-corrected chi connectivity index (χ2v) is 5.78. The highest BCUT2D eigenvalue weighted by molar-refractivity contribution is 14.0. The fourth-order valence-corrected chi connectivity index (χ4v) is 2.45. The molecule has 0 saturated carbocycles. The molecule has 1 amide bonds. The first-order valence-electron chi connectivity index (χ1n) is 8.67. The highest BCUT2D eigenvalue weighted by Crippen LogP contribution is 2.06. The van der Waals surface area contributed by atoms with E-state index in [0.29, 0.717) is 31.0 Å². The summed E-state index contributed by atoms with van der Waals surface area (Å²) in [5.74, 6) is 0.201. The standard InChI is InChI=1S/C20H25FN4O.HI/c1-22-20(24-14-12-17-9-5-6-10-18(17)21)25-15-19(26)23-13-11-16-7-3-2-4-8-16;/h2-10H,11-15H2,1H3,(H,23,26)(H2,22,24,25);1H. The van der Waals surface area contributed by atoms with Crippen LogP contribution in [-0.4, -0.2) is 38.5 Å². The van der Waals surface area contributed by atoms with Crippen LogP contribution < -0.4 is 16.0 Å². The van der Waals surface area contributed by atoms with Crippen molar-refractivity contribution in [2.75, 3.05) is 26.7 Å². The Morgan fingerprint density at radius 3 is 2.30 bits per heavy atom. The molecule has 3 N–H and O–H groups in total. The van der Waals surface area contributed by atoms with Crippen molar-refractivity contribution in [2.45, 2.75) is 12.8 Å². The molecule has 0 aliphatic rings. The zero-order chi connectivity index (χ0) is 18.6. The van der Waals surface area contributed by atoms with Crippen molar-refractivity contribution in [1.29, 1.82) is 0 Å². The van der Waals surface area contributed by atoms with Gasteiger partial charge in [0, 0.05) is 20.1 Å². The van der Waals surface area contributed by atoms with Crippen LogP contribution in [0.15, 0.2) is 59.6 Å². The summed E-state index contributed by atoms with van der Waals surface area (Å²) >= 11 is 0. The summed E-state index contributed by atoms with van der Waals surface area (Å²) < 4.78 is 13.6. The first kappa shape index (κ1) is 22.9. The zero-order valence-electron chi connectivity index (χ0n) is 15.4. The lowest BCUT2D eigenvalue weighted by Gasteiger charge is -2.12. The maximum Gasteiger partial charge on any atom is 0.239 e. The van der Waals surface area contributed by atoms with Crippen molar-refractivity contribution in [3.8, 4) is 0 Å². The fourth-order valence-electron chi connectivity index (χ4n) is 2.45. The van der Waals surface area contributed by atoms with E-state index < -0.39 is 0 Å². The SMILES string of the molecule is CN=C(NCCc1ccccc1F)NCC(=O)NCCc1ccccc1.I. The van der Waals surface area contributed by atoms with Crippen molar-refractivity contribution in [3.63, 3.8) is 0 Å². The van der Waals surface area contributed by atoms with E-state index in [1.807, 2.05) is 36.4 Å². The van der Waals surface area contributed by atoms with E-state index in [1.165, 1.54) is 11.6 Å². The molecule has 0 fully saturated rings. The van der Waals surface area contributed by atoms with Gasteiger partial charge in [-0.2, -0.15) is 0 Å². The Bertz CT molecular complexity index is 725. The Balaban J connectivity index is 0.00000364. The van der Waals surface area contributed by atoms with Gasteiger partial charge >= 0.3 is 0 Å². The van der Waals surface area contributed by atoms with E-state index in [-0.39, 0.29) is 42.2 Å². The highest BCUT2D eigenvalue weighted by Gasteiger charge is 2.04. The predicted octanol–water partition coefficient (Wildman–Crippen LogP) is 2.51. The number of hydrogen-bond acceptors (Lipinski definition) is 2. The number of rotatable bonds is 8. The maximum atomic E-state index is 13.6. The molecule has 5 nitrogen and oxygen atoms in total. The average Bonchev–Trinajstić information content (AvgIpc) is 2.66. The summed E-state index contributed by atoms with van der Waals surface area (Å²) in [7, 11) is 1.63. The summed E-state index contributed by atoms with van der Waals surface area (Å²) in [5.41, 5.74) is 1.83. The Morgan fingerprint density at radius 1 is 0.926 bits per heavy atom. The second-order valence-electron chi connectivity index (χ2n) is 5.78. The summed E-state index contributed by atoms with van der Waals surface area (Å²) in [6.45, 7) is 1.24. The number of nitrogens with one attached hydrogen (secondary N) is 3. The molecule has 0 aliphatic heterocycles. The number of halogens is 2. The Hall–Kier alpha value is -2.16. The molecule has 7 heteroatoms. The molecule has 0 aromatic heterocycles. The third-order valence-electron chi connectivity index (χ3n) is 3.86. The Kier molecular flexibility index (Phi) is 11.1. The molecule has 27 heavy (non-hydrogen) atoms. The van der Waals surface area contributed by atoms with E-state index in [0.717, 1.165) is 6.42 Å². The van der Waals surface area contributed by atoms with Gasteiger partial charge in [-0.3, -0.25) is 9.79 Å². The number of guanidine groups is 1. The topological polar surface area (TPSA) is 65.5 Å². The molecule has 0 aliphatic carbocycles. The molecule has 0 unspecified atom stereocenters. The van der Waals surface area contributed by atoms with Crippen molar-refractivity contribution in [1.82, 2.24) is 16.0 Å². The van der Waals surface area contributed by atoms with Gasteiger partial charge in [-0.1, -0.05) is 48.5 Å². The van der Waals surface area contributed by atoms with Gasteiger partial charge in [-0.05, 0) is 30.0 Å². The Labute approximate surface area is 176 Å². The minimum atomic E-state index is -0.213. The number of carbonyl (C=O) groups excluding carboxylic acids is 1. The molecule has 0 heterocycles. The minimum absolute atomic E-state index is 0. The third kappa shape index (κ3) is 8.85. The lowest BCUT2D eigenvalue weighted by atomic mass is 10.1. The molecular formula is C20H26FIN4O. The summed E-state index contributed by atoms with van der Waals surface area (Å²) in [5, 5.41) is 8.89. The number of nitrogens with zero attached hydrogens (tertiary/aromatic N) is 1. The van der Waals surface area contributed by atoms with E-state index in [9.17, 15) is 9.18 Å². The summed E-state index contributed by atoms with van der Waals surface area (Å²) in [4.78, 5) is 15.9. The molecule has 0 spiro atoms. The Morgan fingerprint density at radius 2 is 1.59 bits per heavy atom. The molecular weight excluding hydrogens is 458 g/mol. The summed E-state index contributed by atoms with van der Waals surface area (Å²) in [6.07, 6.45) is 1.33.